The molecule has 0 amide bonds. The first kappa shape index (κ1) is 7.57. The third kappa shape index (κ3) is 6.57. The van der Waals surface area contributed by atoms with Crippen LogP contribution in [-0.2, 0) is 0 Å². The van der Waals surface area contributed by atoms with Crippen LogP contribution >= 0.6 is 28.1 Å². The molecule has 0 aliphatic rings. The van der Waals surface area contributed by atoms with Crippen molar-refractivity contribution in [1.82, 2.24) is 0 Å². The molecular weight excluding hydrogens is 172 g/mol. The summed E-state index contributed by atoms with van der Waals surface area (Å²) in [6.07, 6.45) is 2.26. The molecule has 0 bridgehead atoms. The molecule has 0 aromatic heterocycles. The molecule has 0 rings (SSSR count). The van der Waals surface area contributed by atoms with Crippen LogP contribution in [0.3, 0.4) is 0 Å². The Morgan fingerprint density at radius 3 is 2.43 bits per heavy atom. The van der Waals surface area contributed by atoms with Gasteiger partial charge in [0.25, 0.3) is 0 Å². The summed E-state index contributed by atoms with van der Waals surface area (Å²) in [6.45, 7) is 1.98. The zero-order valence-corrected chi connectivity index (χ0v) is 6.81. The standard InChI is InChI=1S/C5H9BrS/c1-5(7)3-2-4-6/h2-4H2,1H3. The molecule has 0 radical (unpaired) electrons. The second-order valence-corrected chi connectivity index (χ2v) is 2.98. The van der Waals surface area contributed by atoms with Crippen LogP contribution < -0.4 is 0 Å². The van der Waals surface area contributed by atoms with Crippen molar-refractivity contribution >= 4 is 33.0 Å². The molecule has 42 valence electrons. The van der Waals surface area contributed by atoms with Gasteiger partial charge in [0.1, 0.15) is 0 Å². The number of rotatable bonds is 3. The largest absolute Gasteiger partial charge is 0.0928 e. The van der Waals surface area contributed by atoms with Crippen molar-refractivity contribution < 1.29 is 0 Å². The smallest absolute Gasteiger partial charge is 0.00346 e. The molecule has 0 aliphatic carbocycles. The Bertz CT molecular complexity index is 61.1. The SMILES string of the molecule is CC(=S)CCCBr. The maximum atomic E-state index is 4.84. The van der Waals surface area contributed by atoms with E-state index in [-0.39, 0.29) is 0 Å². The van der Waals surface area contributed by atoms with E-state index in [4.69, 9.17) is 12.2 Å². The lowest BCUT2D eigenvalue weighted by Gasteiger charge is -1.88. The van der Waals surface area contributed by atoms with E-state index in [0.29, 0.717) is 0 Å². The number of hydrogen-bond acceptors (Lipinski definition) is 1. The molecule has 0 saturated heterocycles. The van der Waals surface area contributed by atoms with Crippen molar-refractivity contribution in [2.45, 2.75) is 19.8 Å². The van der Waals surface area contributed by atoms with Crippen LogP contribution in [0.5, 0.6) is 0 Å². The summed E-state index contributed by atoms with van der Waals surface area (Å²) in [4.78, 5) is 1.11. The highest BCUT2D eigenvalue weighted by Gasteiger charge is 1.84. The number of halogens is 1. The summed E-state index contributed by atoms with van der Waals surface area (Å²) in [5.74, 6) is 0. The van der Waals surface area contributed by atoms with Gasteiger partial charge in [0.05, 0.1) is 0 Å². The molecule has 2 heteroatoms. The van der Waals surface area contributed by atoms with Crippen LogP contribution in [0.4, 0.5) is 0 Å². The second-order valence-electron chi connectivity index (χ2n) is 1.49. The van der Waals surface area contributed by atoms with Crippen molar-refractivity contribution in [3.63, 3.8) is 0 Å². The minimum Gasteiger partial charge on any atom is -0.0928 e. The molecule has 0 fully saturated rings. The Labute approximate surface area is 58.4 Å². The van der Waals surface area contributed by atoms with E-state index in [0.717, 1.165) is 16.6 Å². The van der Waals surface area contributed by atoms with Crippen molar-refractivity contribution in [3.05, 3.63) is 0 Å². The molecule has 0 aliphatic heterocycles. The number of alkyl halides is 1. The highest BCUT2D eigenvalue weighted by atomic mass is 79.9. The van der Waals surface area contributed by atoms with Crippen molar-refractivity contribution in [1.29, 1.82) is 0 Å². The molecule has 0 nitrogen and oxygen atoms in total. The molecule has 0 atom stereocenters. The van der Waals surface area contributed by atoms with Crippen LogP contribution in [0.2, 0.25) is 0 Å². The van der Waals surface area contributed by atoms with Gasteiger partial charge >= 0.3 is 0 Å². The Balaban J connectivity index is 2.82. The van der Waals surface area contributed by atoms with E-state index >= 15 is 0 Å². The fourth-order valence-electron chi connectivity index (χ4n) is 0.316. The Morgan fingerprint density at radius 1 is 1.71 bits per heavy atom. The monoisotopic (exact) mass is 180 g/mol. The van der Waals surface area contributed by atoms with Gasteiger partial charge in [-0.1, -0.05) is 28.1 Å². The van der Waals surface area contributed by atoms with E-state index in [1.54, 1.807) is 0 Å². The van der Waals surface area contributed by atoms with Crippen LogP contribution in [0.25, 0.3) is 0 Å². The van der Waals surface area contributed by atoms with Crippen molar-refractivity contribution in [2.75, 3.05) is 5.33 Å². The Hall–Kier alpha value is 0.570. The third-order valence-corrected chi connectivity index (χ3v) is 1.43. The maximum Gasteiger partial charge on any atom is 0.00346 e. The fraction of sp³-hybridized carbons (Fsp3) is 0.800. The Morgan fingerprint density at radius 2 is 2.29 bits per heavy atom. The first-order valence-corrected chi connectivity index (χ1v) is 3.85. The van der Waals surface area contributed by atoms with Gasteiger partial charge in [-0.05, 0) is 24.6 Å². The minimum atomic E-state index is 1.07. The summed E-state index contributed by atoms with van der Waals surface area (Å²) >= 11 is 8.16. The van der Waals surface area contributed by atoms with Crippen LogP contribution in [0, 0.1) is 0 Å². The maximum absolute atomic E-state index is 4.84. The highest BCUT2D eigenvalue weighted by Crippen LogP contribution is 1.95. The summed E-state index contributed by atoms with van der Waals surface area (Å²) in [5.41, 5.74) is 0. The summed E-state index contributed by atoms with van der Waals surface area (Å²) < 4.78 is 0. The second kappa shape index (κ2) is 4.72. The van der Waals surface area contributed by atoms with Gasteiger partial charge in [0.15, 0.2) is 0 Å². The van der Waals surface area contributed by atoms with Crippen molar-refractivity contribution in [3.8, 4) is 0 Å². The topological polar surface area (TPSA) is 0 Å². The van der Waals surface area contributed by atoms with Gasteiger partial charge in [-0.25, -0.2) is 0 Å². The number of thiocarbonyl (C=S) groups is 1. The normalized spacial score (nSPS) is 8.86. The molecule has 0 aromatic rings. The van der Waals surface area contributed by atoms with E-state index in [1.165, 1.54) is 6.42 Å². The lowest BCUT2D eigenvalue weighted by Crippen LogP contribution is -1.84. The summed E-state index contributed by atoms with van der Waals surface area (Å²) in [5, 5.41) is 1.07. The van der Waals surface area contributed by atoms with Gasteiger partial charge in [-0.3, -0.25) is 0 Å². The fourth-order valence-corrected chi connectivity index (χ4v) is 0.740. The lowest BCUT2D eigenvalue weighted by atomic mass is 10.3. The molecule has 0 N–H and O–H groups in total. The molecule has 0 unspecified atom stereocenters. The van der Waals surface area contributed by atoms with E-state index in [1.807, 2.05) is 6.92 Å². The van der Waals surface area contributed by atoms with Gasteiger partial charge in [0, 0.05) is 5.33 Å². The molecule has 7 heavy (non-hydrogen) atoms. The average molecular weight is 181 g/mol. The number of hydrogen-bond donors (Lipinski definition) is 0. The van der Waals surface area contributed by atoms with Gasteiger partial charge < -0.3 is 0 Å². The van der Waals surface area contributed by atoms with Gasteiger partial charge in [-0.15, -0.1) is 0 Å². The van der Waals surface area contributed by atoms with E-state index < -0.39 is 0 Å². The Kier molecular flexibility index (Phi) is 5.11. The van der Waals surface area contributed by atoms with E-state index in [9.17, 15) is 0 Å². The average Bonchev–Trinajstić information content (AvgIpc) is 1.61. The highest BCUT2D eigenvalue weighted by molar-refractivity contribution is 9.09. The predicted molar refractivity (Wildman–Crippen MR) is 41.3 cm³/mol. The zero-order valence-electron chi connectivity index (χ0n) is 4.41. The van der Waals surface area contributed by atoms with E-state index in [2.05, 4.69) is 15.9 Å². The molecular formula is C5H9BrS. The first-order chi connectivity index (χ1) is 3.27. The van der Waals surface area contributed by atoms with Crippen LogP contribution in [-0.4, -0.2) is 10.2 Å². The molecule has 0 spiro atoms. The predicted octanol–water partition coefficient (Wildman–Crippen LogP) is 2.55. The molecule has 0 aromatic carbocycles. The first-order valence-electron chi connectivity index (χ1n) is 2.32. The van der Waals surface area contributed by atoms with Crippen LogP contribution in [0.15, 0.2) is 0 Å². The van der Waals surface area contributed by atoms with Gasteiger partial charge in [0.2, 0.25) is 0 Å². The van der Waals surface area contributed by atoms with Crippen molar-refractivity contribution in [2.24, 2.45) is 0 Å². The third-order valence-electron chi connectivity index (χ3n) is 0.662. The minimum absolute atomic E-state index is 1.07. The molecule has 0 heterocycles. The lowest BCUT2D eigenvalue weighted by molar-refractivity contribution is 1.02. The van der Waals surface area contributed by atoms with Gasteiger partial charge in [-0.2, -0.15) is 0 Å². The summed E-state index contributed by atoms with van der Waals surface area (Å²) in [7, 11) is 0. The summed E-state index contributed by atoms with van der Waals surface area (Å²) in [6, 6.07) is 0. The van der Waals surface area contributed by atoms with Crippen LogP contribution in [0.1, 0.15) is 19.8 Å². The zero-order chi connectivity index (χ0) is 5.70. The quantitative estimate of drug-likeness (QED) is 0.476. The molecule has 0 saturated carbocycles.